The van der Waals surface area contributed by atoms with Gasteiger partial charge in [-0.15, -0.1) is 0 Å². The quantitative estimate of drug-likeness (QED) is 0.488. The monoisotopic (exact) mass is 245 g/mol. The fraction of sp³-hybridized carbons (Fsp3) is 0.444. The summed E-state index contributed by atoms with van der Waals surface area (Å²) < 4.78 is 5.01. The Morgan fingerprint density at radius 3 is 2.94 bits per heavy atom. The topological polar surface area (TPSA) is 77.3 Å². The van der Waals surface area contributed by atoms with Crippen molar-refractivity contribution in [3.05, 3.63) is 27.4 Å². The third-order valence-electron chi connectivity index (χ3n) is 2.00. The van der Waals surface area contributed by atoms with Gasteiger partial charge in [-0.25, -0.2) is 4.98 Å². The molecule has 0 spiro atoms. The minimum Gasteiger partial charge on any atom is -0.380 e. The maximum Gasteiger partial charge on any atom is 0.311 e. The highest BCUT2D eigenvalue weighted by atomic mass is 35.5. The summed E-state index contributed by atoms with van der Waals surface area (Å²) in [5, 5.41) is 13.7. The van der Waals surface area contributed by atoms with Crippen LogP contribution in [0.1, 0.15) is 6.92 Å². The number of methoxy groups -OCH3 is 1. The highest BCUT2D eigenvalue weighted by molar-refractivity contribution is 6.29. The lowest BCUT2D eigenvalue weighted by atomic mass is 10.3. The Balaban J connectivity index is 2.84. The highest BCUT2D eigenvalue weighted by Crippen LogP contribution is 2.23. The van der Waals surface area contributed by atoms with E-state index >= 15 is 0 Å². The molecule has 1 rings (SSSR count). The van der Waals surface area contributed by atoms with Crippen molar-refractivity contribution in [1.82, 2.24) is 4.98 Å². The Kier molecular flexibility index (Phi) is 4.45. The van der Waals surface area contributed by atoms with Crippen molar-refractivity contribution in [3.8, 4) is 0 Å². The van der Waals surface area contributed by atoms with E-state index in [2.05, 4.69) is 10.3 Å². The van der Waals surface area contributed by atoms with Crippen molar-refractivity contribution in [2.75, 3.05) is 19.0 Å². The van der Waals surface area contributed by atoms with E-state index in [1.807, 2.05) is 6.92 Å². The predicted octanol–water partition coefficient (Wildman–Crippen LogP) is 2.09. The van der Waals surface area contributed by atoms with Gasteiger partial charge in [-0.05, 0) is 13.0 Å². The number of hydrogen-bond donors (Lipinski definition) is 1. The van der Waals surface area contributed by atoms with Crippen LogP contribution in [-0.4, -0.2) is 29.7 Å². The van der Waals surface area contributed by atoms with Crippen LogP contribution in [-0.2, 0) is 4.74 Å². The molecule has 0 radical (unpaired) electrons. The van der Waals surface area contributed by atoms with E-state index in [4.69, 9.17) is 16.3 Å². The number of pyridine rings is 1. The SMILES string of the molecule is COC(C)CNc1nc(Cl)ccc1[N+](=O)[O-]. The molecule has 1 aromatic heterocycles. The van der Waals surface area contributed by atoms with Gasteiger partial charge in [-0.3, -0.25) is 10.1 Å². The average Bonchev–Trinajstić information content (AvgIpc) is 2.25. The molecule has 16 heavy (non-hydrogen) atoms. The minimum absolute atomic E-state index is 0.0691. The molecule has 0 aromatic carbocycles. The summed E-state index contributed by atoms with van der Waals surface area (Å²) >= 11 is 5.67. The first-order valence-corrected chi connectivity index (χ1v) is 5.00. The van der Waals surface area contributed by atoms with Crippen LogP contribution < -0.4 is 5.32 Å². The van der Waals surface area contributed by atoms with E-state index in [1.54, 1.807) is 7.11 Å². The minimum atomic E-state index is -0.511. The summed E-state index contributed by atoms with van der Waals surface area (Å²) in [5.41, 5.74) is -0.104. The van der Waals surface area contributed by atoms with Gasteiger partial charge in [0.25, 0.3) is 0 Å². The van der Waals surface area contributed by atoms with Crippen LogP contribution >= 0.6 is 11.6 Å². The molecule has 0 amide bonds. The van der Waals surface area contributed by atoms with Crippen molar-refractivity contribution < 1.29 is 9.66 Å². The molecule has 1 heterocycles. The zero-order valence-corrected chi connectivity index (χ0v) is 9.69. The molecule has 88 valence electrons. The second kappa shape index (κ2) is 5.62. The van der Waals surface area contributed by atoms with Gasteiger partial charge < -0.3 is 10.1 Å². The van der Waals surface area contributed by atoms with Gasteiger partial charge in [-0.1, -0.05) is 11.6 Å². The van der Waals surface area contributed by atoms with E-state index in [9.17, 15) is 10.1 Å². The number of nitro groups is 1. The number of ether oxygens (including phenoxy) is 1. The standard InChI is InChI=1S/C9H12ClN3O3/c1-6(16-2)5-11-9-7(13(14)15)3-4-8(10)12-9/h3-4,6H,5H2,1-2H3,(H,11,12). The van der Waals surface area contributed by atoms with Crippen molar-refractivity contribution in [3.63, 3.8) is 0 Å². The lowest BCUT2D eigenvalue weighted by Gasteiger charge is -2.11. The van der Waals surface area contributed by atoms with Gasteiger partial charge in [0, 0.05) is 19.7 Å². The molecule has 0 aliphatic carbocycles. The molecule has 0 aliphatic heterocycles. The molecule has 1 unspecified atom stereocenters. The first kappa shape index (κ1) is 12.7. The van der Waals surface area contributed by atoms with E-state index in [0.717, 1.165) is 0 Å². The van der Waals surface area contributed by atoms with Gasteiger partial charge in [0.2, 0.25) is 5.82 Å². The second-order valence-electron chi connectivity index (χ2n) is 3.19. The van der Waals surface area contributed by atoms with Crippen molar-refractivity contribution in [2.45, 2.75) is 13.0 Å². The number of nitrogens with one attached hydrogen (secondary N) is 1. The van der Waals surface area contributed by atoms with Crippen molar-refractivity contribution >= 4 is 23.1 Å². The lowest BCUT2D eigenvalue weighted by molar-refractivity contribution is -0.384. The fourth-order valence-electron chi connectivity index (χ4n) is 1.03. The summed E-state index contributed by atoms with van der Waals surface area (Å²) in [6, 6.07) is 2.69. The Morgan fingerprint density at radius 2 is 2.38 bits per heavy atom. The van der Waals surface area contributed by atoms with Crippen LogP contribution in [0.15, 0.2) is 12.1 Å². The third-order valence-corrected chi connectivity index (χ3v) is 2.21. The summed E-state index contributed by atoms with van der Waals surface area (Å²) in [7, 11) is 1.56. The zero-order chi connectivity index (χ0) is 12.1. The first-order chi connectivity index (χ1) is 7.54. The zero-order valence-electron chi connectivity index (χ0n) is 8.94. The number of rotatable bonds is 5. The number of hydrogen-bond acceptors (Lipinski definition) is 5. The van der Waals surface area contributed by atoms with E-state index in [0.29, 0.717) is 6.54 Å². The van der Waals surface area contributed by atoms with Crippen LogP contribution in [0.2, 0.25) is 5.15 Å². The van der Waals surface area contributed by atoms with Crippen LogP contribution in [0.3, 0.4) is 0 Å². The van der Waals surface area contributed by atoms with Crippen LogP contribution in [0.5, 0.6) is 0 Å². The highest BCUT2D eigenvalue weighted by Gasteiger charge is 2.15. The molecule has 0 saturated heterocycles. The number of anilines is 1. The number of halogens is 1. The van der Waals surface area contributed by atoms with Gasteiger partial charge in [0.05, 0.1) is 11.0 Å². The largest absolute Gasteiger partial charge is 0.380 e. The van der Waals surface area contributed by atoms with Gasteiger partial charge in [0.15, 0.2) is 0 Å². The Morgan fingerprint density at radius 1 is 1.69 bits per heavy atom. The van der Waals surface area contributed by atoms with Crippen molar-refractivity contribution in [1.29, 1.82) is 0 Å². The molecule has 1 atom stereocenters. The number of nitrogens with zero attached hydrogens (tertiary/aromatic N) is 2. The van der Waals surface area contributed by atoms with Crippen LogP contribution in [0.25, 0.3) is 0 Å². The smallest absolute Gasteiger partial charge is 0.311 e. The molecule has 1 N–H and O–H groups in total. The Bertz CT molecular complexity index is 386. The van der Waals surface area contributed by atoms with Gasteiger partial charge in [-0.2, -0.15) is 0 Å². The Labute approximate surface area is 97.7 Å². The van der Waals surface area contributed by atoms with Gasteiger partial charge in [0.1, 0.15) is 5.15 Å². The number of aromatic nitrogens is 1. The maximum atomic E-state index is 10.7. The summed E-state index contributed by atoms with van der Waals surface area (Å²) in [6.07, 6.45) is -0.0691. The molecular formula is C9H12ClN3O3. The van der Waals surface area contributed by atoms with E-state index in [-0.39, 0.29) is 22.8 Å². The summed E-state index contributed by atoms with van der Waals surface area (Å²) in [4.78, 5) is 14.0. The normalized spacial score (nSPS) is 12.2. The van der Waals surface area contributed by atoms with Gasteiger partial charge >= 0.3 is 5.69 Å². The summed E-state index contributed by atoms with van der Waals surface area (Å²) in [6.45, 7) is 2.26. The molecule has 1 aromatic rings. The van der Waals surface area contributed by atoms with E-state index in [1.165, 1.54) is 12.1 Å². The Hall–Kier alpha value is -1.40. The molecule has 0 aliphatic rings. The molecule has 7 heteroatoms. The molecule has 6 nitrogen and oxygen atoms in total. The maximum absolute atomic E-state index is 10.7. The lowest BCUT2D eigenvalue weighted by Crippen LogP contribution is -2.19. The molecule has 0 fully saturated rings. The van der Waals surface area contributed by atoms with Crippen molar-refractivity contribution in [2.24, 2.45) is 0 Å². The predicted molar refractivity (Wildman–Crippen MR) is 60.9 cm³/mol. The second-order valence-corrected chi connectivity index (χ2v) is 3.57. The fourth-order valence-corrected chi connectivity index (χ4v) is 1.18. The molecule has 0 bridgehead atoms. The van der Waals surface area contributed by atoms with E-state index < -0.39 is 4.92 Å². The first-order valence-electron chi connectivity index (χ1n) is 4.62. The van der Waals surface area contributed by atoms with Crippen LogP contribution in [0.4, 0.5) is 11.5 Å². The summed E-state index contributed by atoms with van der Waals surface area (Å²) in [5.74, 6) is 0.154. The molecule has 0 saturated carbocycles. The molecular weight excluding hydrogens is 234 g/mol. The third kappa shape index (κ3) is 3.32. The average molecular weight is 246 g/mol. The van der Waals surface area contributed by atoms with Crippen LogP contribution in [0, 0.1) is 10.1 Å².